The van der Waals surface area contributed by atoms with E-state index in [1.807, 2.05) is 66.8 Å². The number of hydrogen-bond acceptors (Lipinski definition) is 3. The van der Waals surface area contributed by atoms with Gasteiger partial charge in [0.05, 0.1) is 5.69 Å². The van der Waals surface area contributed by atoms with Crippen LogP contribution < -0.4 is 5.32 Å². The summed E-state index contributed by atoms with van der Waals surface area (Å²) in [6.07, 6.45) is 1.92. The number of benzene rings is 1. The van der Waals surface area contributed by atoms with Gasteiger partial charge in [-0.25, -0.2) is 4.98 Å². The Labute approximate surface area is 145 Å². The number of nitrogens with one attached hydrogen (secondary N) is 1. The van der Waals surface area contributed by atoms with Crippen LogP contribution in [0.3, 0.4) is 0 Å². The van der Waals surface area contributed by atoms with Crippen molar-refractivity contribution in [2.24, 2.45) is 0 Å². The van der Waals surface area contributed by atoms with Gasteiger partial charge < -0.3 is 14.6 Å². The first-order valence-corrected chi connectivity index (χ1v) is 8.01. The van der Waals surface area contributed by atoms with E-state index in [2.05, 4.69) is 10.3 Å². The number of carbonyl (C=O) groups excluding carboxylic acids is 1. The van der Waals surface area contributed by atoms with Crippen molar-refractivity contribution < 1.29 is 4.79 Å². The fourth-order valence-corrected chi connectivity index (χ4v) is 2.72. The molecule has 124 valence electrons. The molecule has 5 nitrogen and oxygen atoms in total. The first-order chi connectivity index (χ1) is 11.5. The number of aryl methyl sites for hydroxylation is 1. The molecule has 0 aliphatic heterocycles. The summed E-state index contributed by atoms with van der Waals surface area (Å²) in [6.45, 7) is 2.54. The molecule has 0 unspecified atom stereocenters. The standard InChI is InChI=1S/C18H19ClN4O/c1-12-7-8-13(10-14(12)19)20-18(24)17-15(11-22(2)3)23-9-5-4-6-16(23)21-17/h4-10H,11H2,1-3H3,(H,20,24). The van der Waals surface area contributed by atoms with Crippen LogP contribution in [-0.4, -0.2) is 34.3 Å². The molecule has 2 aromatic heterocycles. The van der Waals surface area contributed by atoms with Gasteiger partial charge in [0.15, 0.2) is 5.69 Å². The number of aromatic nitrogens is 2. The molecule has 3 aromatic rings. The highest BCUT2D eigenvalue weighted by atomic mass is 35.5. The molecule has 2 heterocycles. The van der Waals surface area contributed by atoms with Crippen molar-refractivity contribution in [2.45, 2.75) is 13.5 Å². The molecule has 0 fully saturated rings. The molecular formula is C18H19ClN4O. The number of nitrogens with zero attached hydrogens (tertiary/aromatic N) is 3. The number of fused-ring (bicyclic) bond motifs is 1. The molecule has 0 aliphatic rings. The Morgan fingerprint density at radius 1 is 1.29 bits per heavy atom. The van der Waals surface area contributed by atoms with Crippen LogP contribution in [0.15, 0.2) is 42.6 Å². The Bertz CT molecular complexity index is 901. The minimum atomic E-state index is -0.240. The Morgan fingerprint density at radius 3 is 2.79 bits per heavy atom. The number of pyridine rings is 1. The van der Waals surface area contributed by atoms with Gasteiger partial charge in [-0.15, -0.1) is 0 Å². The summed E-state index contributed by atoms with van der Waals surface area (Å²) in [5.41, 5.74) is 3.65. The lowest BCUT2D eigenvalue weighted by molar-refractivity contribution is 0.102. The van der Waals surface area contributed by atoms with E-state index in [4.69, 9.17) is 11.6 Å². The Kier molecular flexibility index (Phi) is 4.55. The maximum atomic E-state index is 12.7. The molecule has 24 heavy (non-hydrogen) atoms. The highest BCUT2D eigenvalue weighted by Gasteiger charge is 2.19. The number of halogens is 1. The molecular weight excluding hydrogens is 324 g/mol. The Balaban J connectivity index is 1.97. The average molecular weight is 343 g/mol. The molecule has 1 amide bonds. The number of anilines is 1. The summed E-state index contributed by atoms with van der Waals surface area (Å²) in [5.74, 6) is -0.240. The largest absolute Gasteiger partial charge is 0.321 e. The van der Waals surface area contributed by atoms with Gasteiger partial charge in [0, 0.05) is 23.5 Å². The van der Waals surface area contributed by atoms with Gasteiger partial charge in [-0.3, -0.25) is 4.79 Å². The summed E-state index contributed by atoms with van der Waals surface area (Å²) in [6, 6.07) is 11.2. The molecule has 0 spiro atoms. The molecule has 0 bridgehead atoms. The van der Waals surface area contributed by atoms with Gasteiger partial charge >= 0.3 is 0 Å². The zero-order valence-electron chi connectivity index (χ0n) is 13.9. The Morgan fingerprint density at radius 2 is 2.08 bits per heavy atom. The molecule has 0 saturated carbocycles. The third-order valence-electron chi connectivity index (χ3n) is 3.74. The van der Waals surface area contributed by atoms with Crippen LogP contribution in [0.5, 0.6) is 0 Å². The third kappa shape index (κ3) is 3.27. The van der Waals surface area contributed by atoms with Crippen molar-refractivity contribution in [3.05, 3.63) is 64.6 Å². The molecule has 3 rings (SSSR count). The topological polar surface area (TPSA) is 49.6 Å². The zero-order chi connectivity index (χ0) is 17.3. The lowest BCUT2D eigenvalue weighted by Crippen LogP contribution is -2.19. The number of imidazole rings is 1. The van der Waals surface area contributed by atoms with E-state index in [1.165, 1.54) is 0 Å². The third-order valence-corrected chi connectivity index (χ3v) is 4.15. The lowest BCUT2D eigenvalue weighted by atomic mass is 10.2. The van der Waals surface area contributed by atoms with Crippen LogP contribution in [0.2, 0.25) is 5.02 Å². The fourth-order valence-electron chi connectivity index (χ4n) is 2.54. The zero-order valence-corrected chi connectivity index (χ0v) is 14.6. The summed E-state index contributed by atoms with van der Waals surface area (Å²) >= 11 is 6.13. The van der Waals surface area contributed by atoms with Crippen LogP contribution in [0.4, 0.5) is 5.69 Å². The van der Waals surface area contributed by atoms with E-state index in [9.17, 15) is 4.79 Å². The van der Waals surface area contributed by atoms with Crippen LogP contribution in [0.25, 0.3) is 5.65 Å². The smallest absolute Gasteiger partial charge is 0.276 e. The quantitative estimate of drug-likeness (QED) is 0.788. The summed E-state index contributed by atoms with van der Waals surface area (Å²) in [5, 5.41) is 3.50. The maximum Gasteiger partial charge on any atom is 0.276 e. The molecule has 0 radical (unpaired) electrons. The Hall–Kier alpha value is -2.37. The van der Waals surface area contributed by atoms with Crippen molar-refractivity contribution in [3.8, 4) is 0 Å². The van der Waals surface area contributed by atoms with Crippen LogP contribution in [0, 0.1) is 6.92 Å². The second-order valence-electron chi connectivity index (χ2n) is 5.99. The van der Waals surface area contributed by atoms with Gasteiger partial charge in [-0.05, 0) is 50.8 Å². The summed E-state index contributed by atoms with van der Waals surface area (Å²) in [4.78, 5) is 19.2. The minimum absolute atomic E-state index is 0.240. The van der Waals surface area contributed by atoms with E-state index in [-0.39, 0.29) is 5.91 Å². The van der Waals surface area contributed by atoms with Crippen LogP contribution >= 0.6 is 11.6 Å². The fraction of sp³-hybridized carbons (Fsp3) is 0.222. The summed E-state index contributed by atoms with van der Waals surface area (Å²) < 4.78 is 1.94. The lowest BCUT2D eigenvalue weighted by Gasteiger charge is -2.11. The molecule has 1 N–H and O–H groups in total. The first kappa shape index (κ1) is 16.5. The van der Waals surface area contributed by atoms with Crippen LogP contribution in [-0.2, 0) is 6.54 Å². The number of amides is 1. The minimum Gasteiger partial charge on any atom is -0.321 e. The van der Waals surface area contributed by atoms with Crippen molar-refractivity contribution >= 4 is 28.8 Å². The number of carbonyl (C=O) groups is 1. The predicted molar refractivity (Wildman–Crippen MR) is 96.7 cm³/mol. The average Bonchev–Trinajstić information content (AvgIpc) is 2.89. The monoisotopic (exact) mass is 342 g/mol. The SMILES string of the molecule is Cc1ccc(NC(=O)c2nc3ccccn3c2CN(C)C)cc1Cl. The normalized spacial score (nSPS) is 11.2. The predicted octanol–water partition coefficient (Wildman–Crippen LogP) is 3.61. The van der Waals surface area contributed by atoms with Crippen molar-refractivity contribution in [1.29, 1.82) is 0 Å². The second-order valence-corrected chi connectivity index (χ2v) is 6.40. The van der Waals surface area contributed by atoms with Gasteiger partial charge in [0.2, 0.25) is 0 Å². The molecule has 1 aromatic carbocycles. The van der Waals surface area contributed by atoms with Crippen molar-refractivity contribution in [1.82, 2.24) is 14.3 Å². The molecule has 0 aliphatic carbocycles. The van der Waals surface area contributed by atoms with E-state index in [1.54, 1.807) is 6.07 Å². The van der Waals surface area contributed by atoms with Gasteiger partial charge in [-0.2, -0.15) is 0 Å². The van der Waals surface area contributed by atoms with Crippen molar-refractivity contribution in [2.75, 3.05) is 19.4 Å². The van der Waals surface area contributed by atoms with Crippen LogP contribution in [0.1, 0.15) is 21.7 Å². The molecule has 6 heteroatoms. The highest BCUT2D eigenvalue weighted by Crippen LogP contribution is 2.21. The van der Waals surface area contributed by atoms with Gasteiger partial charge in [0.1, 0.15) is 5.65 Å². The first-order valence-electron chi connectivity index (χ1n) is 7.64. The van der Waals surface area contributed by atoms with Gasteiger partial charge in [0.25, 0.3) is 5.91 Å². The van der Waals surface area contributed by atoms with E-state index < -0.39 is 0 Å². The van der Waals surface area contributed by atoms with E-state index in [0.717, 1.165) is 16.9 Å². The van der Waals surface area contributed by atoms with E-state index in [0.29, 0.717) is 22.9 Å². The summed E-state index contributed by atoms with van der Waals surface area (Å²) in [7, 11) is 3.92. The van der Waals surface area contributed by atoms with Crippen molar-refractivity contribution in [3.63, 3.8) is 0 Å². The highest BCUT2D eigenvalue weighted by molar-refractivity contribution is 6.31. The second kappa shape index (κ2) is 6.63. The number of hydrogen-bond donors (Lipinski definition) is 1. The molecule has 0 atom stereocenters. The van der Waals surface area contributed by atoms with Gasteiger partial charge in [-0.1, -0.05) is 23.7 Å². The maximum absolute atomic E-state index is 12.7. The van der Waals surface area contributed by atoms with E-state index >= 15 is 0 Å². The molecule has 0 saturated heterocycles. The number of rotatable bonds is 4.